The fourth-order valence-corrected chi connectivity index (χ4v) is 4.51. The van der Waals surface area contributed by atoms with E-state index in [1.165, 1.54) is 12.1 Å². The van der Waals surface area contributed by atoms with E-state index < -0.39 is 5.41 Å². The molecule has 1 aliphatic rings. The molecule has 0 unspecified atom stereocenters. The molecule has 0 saturated carbocycles. The summed E-state index contributed by atoms with van der Waals surface area (Å²) in [5, 5.41) is 4.84. The van der Waals surface area contributed by atoms with Crippen LogP contribution in [0.15, 0.2) is 24.3 Å². The first-order valence-electron chi connectivity index (χ1n) is 12.2. The van der Waals surface area contributed by atoms with Crippen LogP contribution in [-0.2, 0) is 11.3 Å². The zero-order chi connectivity index (χ0) is 25.2. The van der Waals surface area contributed by atoms with E-state index in [1.54, 1.807) is 6.07 Å². The third-order valence-electron chi connectivity index (χ3n) is 6.68. The summed E-state index contributed by atoms with van der Waals surface area (Å²) in [6.45, 7) is 18.2. The number of rotatable bonds is 8. The summed E-state index contributed by atoms with van der Waals surface area (Å²) in [4.78, 5) is 20.1. The lowest BCUT2D eigenvalue weighted by molar-refractivity contribution is -0.141. The summed E-state index contributed by atoms with van der Waals surface area (Å²) in [5.74, 6) is 0.908. The van der Waals surface area contributed by atoms with Crippen molar-refractivity contribution in [3.05, 3.63) is 41.3 Å². The summed E-state index contributed by atoms with van der Waals surface area (Å²) < 4.78 is 16.0. The van der Waals surface area contributed by atoms with Gasteiger partial charge >= 0.3 is 0 Å². The molecule has 1 amide bonds. The van der Waals surface area contributed by atoms with Crippen LogP contribution in [0.5, 0.6) is 0 Å². The highest BCUT2D eigenvalue weighted by Gasteiger charge is 2.35. The minimum Gasteiger partial charge on any atom is -0.354 e. The molecule has 3 rings (SSSR count). The molecule has 8 heteroatoms. The van der Waals surface area contributed by atoms with E-state index in [2.05, 4.69) is 23.6 Å². The number of carbonyl (C=O) groups excluding carboxylic acids is 1. The number of hydrogen-bond acceptors (Lipinski definition) is 4. The lowest BCUT2D eigenvalue weighted by atomic mass is 9.93. The molecule has 6 nitrogen and oxygen atoms in total. The molecular formula is C26H39ClFN5O. The fraction of sp³-hybridized carbons (Fsp3) is 0.615. The van der Waals surface area contributed by atoms with Crippen LogP contribution in [0.3, 0.4) is 0 Å². The van der Waals surface area contributed by atoms with Gasteiger partial charge < -0.3 is 9.80 Å². The summed E-state index contributed by atoms with van der Waals surface area (Å²) in [7, 11) is 0. The van der Waals surface area contributed by atoms with Crippen molar-refractivity contribution in [2.75, 3.05) is 37.0 Å². The predicted molar refractivity (Wildman–Crippen MR) is 137 cm³/mol. The molecule has 0 radical (unpaired) electrons. The molecule has 34 heavy (non-hydrogen) atoms. The highest BCUT2D eigenvalue weighted by molar-refractivity contribution is 6.19. The van der Waals surface area contributed by atoms with Gasteiger partial charge in [0, 0.05) is 49.7 Å². The Labute approximate surface area is 208 Å². The normalized spacial score (nSPS) is 15.4. The van der Waals surface area contributed by atoms with Crippen LogP contribution in [0, 0.1) is 18.2 Å². The molecule has 0 bridgehead atoms. The number of benzene rings is 1. The van der Waals surface area contributed by atoms with Crippen LogP contribution >= 0.6 is 11.6 Å². The Hall–Kier alpha value is -2.12. The number of carbonyl (C=O) groups is 1. The van der Waals surface area contributed by atoms with Gasteiger partial charge in [-0.05, 0) is 66.7 Å². The number of piperazine rings is 1. The van der Waals surface area contributed by atoms with Crippen molar-refractivity contribution in [2.45, 2.75) is 67.1 Å². The first kappa shape index (κ1) is 26.5. The lowest BCUT2D eigenvalue weighted by Gasteiger charge is -2.39. The van der Waals surface area contributed by atoms with Gasteiger partial charge in [0.05, 0.1) is 23.3 Å². The van der Waals surface area contributed by atoms with E-state index in [1.807, 2.05) is 50.3 Å². The Bertz CT molecular complexity index is 995. The Kier molecular flexibility index (Phi) is 8.30. The average Bonchev–Trinajstić information content (AvgIpc) is 3.12. The molecule has 1 fully saturated rings. The van der Waals surface area contributed by atoms with E-state index in [-0.39, 0.29) is 23.6 Å². The Morgan fingerprint density at radius 3 is 2.35 bits per heavy atom. The minimum atomic E-state index is -0.665. The smallest absolute Gasteiger partial charge is 0.229 e. The highest BCUT2D eigenvalue weighted by atomic mass is 35.5. The van der Waals surface area contributed by atoms with Crippen molar-refractivity contribution in [1.29, 1.82) is 0 Å². The van der Waals surface area contributed by atoms with E-state index in [4.69, 9.17) is 16.7 Å². The third-order valence-corrected chi connectivity index (χ3v) is 7.35. The lowest BCUT2D eigenvalue weighted by Crippen LogP contribution is -2.50. The summed E-state index contributed by atoms with van der Waals surface area (Å²) in [6.07, 6.45) is 0. The minimum absolute atomic E-state index is 0.00227. The van der Waals surface area contributed by atoms with Crippen molar-refractivity contribution >= 4 is 23.3 Å². The molecule has 2 aromatic rings. The van der Waals surface area contributed by atoms with Gasteiger partial charge in [0.15, 0.2) is 0 Å². The number of nitrogens with zero attached hydrogens (tertiary/aromatic N) is 5. The number of hydrogen-bond donors (Lipinski definition) is 0. The van der Waals surface area contributed by atoms with E-state index in [9.17, 15) is 9.18 Å². The van der Waals surface area contributed by atoms with Gasteiger partial charge in [0.2, 0.25) is 5.91 Å². The Morgan fingerprint density at radius 2 is 1.82 bits per heavy atom. The number of aryl methyl sites for hydroxylation is 1. The van der Waals surface area contributed by atoms with Crippen molar-refractivity contribution in [1.82, 2.24) is 19.6 Å². The molecule has 188 valence electrons. The van der Waals surface area contributed by atoms with Gasteiger partial charge in [-0.3, -0.25) is 9.69 Å². The predicted octanol–water partition coefficient (Wildman–Crippen LogP) is 4.85. The zero-order valence-corrected chi connectivity index (χ0v) is 22.4. The molecule has 1 aromatic carbocycles. The van der Waals surface area contributed by atoms with E-state index in [0.717, 1.165) is 43.3 Å². The fourth-order valence-electron chi connectivity index (χ4n) is 4.40. The summed E-state index contributed by atoms with van der Waals surface area (Å²) in [6, 6.07) is 7.01. The Balaban J connectivity index is 2.07. The second-order valence-corrected chi connectivity index (χ2v) is 10.7. The van der Waals surface area contributed by atoms with Crippen LogP contribution < -0.4 is 4.90 Å². The van der Waals surface area contributed by atoms with Crippen LogP contribution in [0.2, 0.25) is 0 Å². The SMILES string of the molecule is Cc1nn(-c2cccc(F)c2)c(N2CCN(C(C)C)CC2)c1CN(C(=O)C(C)(C)CCl)C(C)C. The highest BCUT2D eigenvalue weighted by Crippen LogP contribution is 2.32. The second kappa shape index (κ2) is 10.6. The maximum Gasteiger partial charge on any atom is 0.229 e. The third kappa shape index (κ3) is 5.57. The molecule has 1 aliphatic heterocycles. The number of amides is 1. The molecular weight excluding hydrogens is 453 g/mol. The van der Waals surface area contributed by atoms with Crippen molar-refractivity contribution < 1.29 is 9.18 Å². The van der Waals surface area contributed by atoms with Crippen LogP contribution in [0.4, 0.5) is 10.2 Å². The van der Waals surface area contributed by atoms with Gasteiger partial charge in [0.1, 0.15) is 11.6 Å². The van der Waals surface area contributed by atoms with Gasteiger partial charge in [-0.15, -0.1) is 11.6 Å². The van der Waals surface area contributed by atoms with Crippen molar-refractivity contribution in [3.8, 4) is 5.69 Å². The molecule has 1 aromatic heterocycles. The van der Waals surface area contributed by atoms with Gasteiger partial charge in [-0.1, -0.05) is 6.07 Å². The Morgan fingerprint density at radius 1 is 1.18 bits per heavy atom. The van der Waals surface area contributed by atoms with Gasteiger partial charge in [0.25, 0.3) is 0 Å². The first-order chi connectivity index (χ1) is 16.0. The molecule has 0 aliphatic carbocycles. The average molecular weight is 492 g/mol. The number of alkyl halides is 1. The monoisotopic (exact) mass is 491 g/mol. The van der Waals surface area contributed by atoms with Gasteiger partial charge in [-0.25, -0.2) is 9.07 Å². The second-order valence-electron chi connectivity index (χ2n) is 10.4. The van der Waals surface area contributed by atoms with Crippen molar-refractivity contribution in [2.24, 2.45) is 5.41 Å². The van der Waals surface area contributed by atoms with Gasteiger partial charge in [-0.2, -0.15) is 5.10 Å². The maximum absolute atomic E-state index is 14.1. The quantitative estimate of drug-likeness (QED) is 0.495. The molecule has 0 N–H and O–H groups in total. The number of anilines is 1. The van der Waals surface area contributed by atoms with Crippen LogP contribution in [0.25, 0.3) is 5.69 Å². The van der Waals surface area contributed by atoms with Crippen LogP contribution in [0.1, 0.15) is 52.8 Å². The van der Waals surface area contributed by atoms with Crippen molar-refractivity contribution in [3.63, 3.8) is 0 Å². The molecule has 0 spiro atoms. The first-order valence-corrected chi connectivity index (χ1v) is 12.7. The summed E-state index contributed by atoms with van der Waals surface area (Å²) in [5.41, 5.74) is 1.85. The van der Waals surface area contributed by atoms with Crippen LogP contribution in [-0.4, -0.2) is 69.6 Å². The molecule has 0 atom stereocenters. The standard InChI is InChI=1S/C26H39ClFN5O/c1-18(2)30-11-13-31(14-12-30)24-23(16-32(19(3)4)25(34)26(6,7)17-27)20(5)29-33(24)22-10-8-9-21(28)15-22/h8-10,15,18-19H,11-14,16-17H2,1-7H3. The van der Waals surface area contributed by atoms with E-state index in [0.29, 0.717) is 18.3 Å². The zero-order valence-electron chi connectivity index (χ0n) is 21.6. The molecule has 2 heterocycles. The largest absolute Gasteiger partial charge is 0.354 e. The summed E-state index contributed by atoms with van der Waals surface area (Å²) >= 11 is 6.15. The number of aromatic nitrogens is 2. The maximum atomic E-state index is 14.1. The molecule has 1 saturated heterocycles. The number of halogens is 2. The van der Waals surface area contributed by atoms with E-state index >= 15 is 0 Å². The topological polar surface area (TPSA) is 44.6 Å².